The van der Waals surface area contributed by atoms with Crippen molar-refractivity contribution in [1.82, 2.24) is 35.0 Å². The van der Waals surface area contributed by atoms with Crippen molar-refractivity contribution in [2.75, 3.05) is 25.0 Å². The number of likely N-dealkylation sites (tertiary alicyclic amines) is 1. The SMILES string of the molecule is CC(C)(C)C1=CCC=C1.CC(C)(C)C1=CCc2ccccc21.CC(C)(C)C1=NCC=C1.CC(C)(C)C1=NCC=N1.CC(C)(C)N1CCCC1=O.CC(C)(C)c1cc2ccccc2[nH]1.CC(C)(C)c1ccc(O)cc1.CC(C)(C)c1ccc2c(c1)NC(=O)C2.CC(C)(C)c1ccccc1.CC(C)(C)c1ccccc1.CC(C)(C)c1ccccn1.CC(C)(C)c1ccncc1.CC(C)(C)c1ccsc1.CC(C)(C)c1ncn[nH]1. The van der Waals surface area contributed by atoms with Crippen LogP contribution in [0, 0.1) is 21.7 Å². The molecule has 6 aliphatic rings. The number of H-pyrrole nitrogens is 2. The molecule has 1 saturated heterocycles. The van der Waals surface area contributed by atoms with E-state index in [1.54, 1.807) is 23.5 Å². The second-order valence-electron chi connectivity index (χ2n) is 52.4. The zero-order valence-corrected chi connectivity index (χ0v) is 99.2. The van der Waals surface area contributed by atoms with Crippen molar-refractivity contribution in [2.24, 2.45) is 36.6 Å². The third-order valence-electron chi connectivity index (χ3n) is 24.2. The van der Waals surface area contributed by atoms with E-state index in [0.717, 1.165) is 73.9 Å². The summed E-state index contributed by atoms with van der Waals surface area (Å²) in [5.41, 5.74) is 24.0. The van der Waals surface area contributed by atoms with Crippen LogP contribution >= 0.6 is 11.3 Å². The number of pyridine rings is 2. The molecule has 9 heterocycles. The molecule has 5 aromatic heterocycles. The normalized spacial score (nSPS) is 14.2. The maximum atomic E-state index is 11.1. The van der Waals surface area contributed by atoms with Crippen LogP contribution in [-0.2, 0) is 71.2 Å². The molecule has 0 radical (unpaired) electrons. The molecule has 15 heteroatoms. The van der Waals surface area contributed by atoms with Crippen LogP contribution in [0.15, 0.2) is 287 Å². The highest BCUT2D eigenvalue weighted by Crippen LogP contribution is 2.41. The number of hydrogen-bond donors (Lipinski definition) is 4. The summed E-state index contributed by atoms with van der Waals surface area (Å²) in [6.07, 6.45) is 26.7. The number of aromatic nitrogens is 6. The third kappa shape index (κ3) is 47.7. The van der Waals surface area contributed by atoms with Crippen molar-refractivity contribution in [3.8, 4) is 5.75 Å². The van der Waals surface area contributed by atoms with E-state index in [2.05, 4.69) is 540 Å². The maximum absolute atomic E-state index is 11.1. The number of carbonyl (C=O) groups excluding carboxylic acids is 2. The van der Waals surface area contributed by atoms with Crippen molar-refractivity contribution in [1.29, 1.82) is 0 Å². The van der Waals surface area contributed by atoms with Crippen LogP contribution < -0.4 is 5.32 Å². The van der Waals surface area contributed by atoms with Gasteiger partial charge in [0.25, 0.3) is 0 Å². The fourth-order valence-electron chi connectivity index (χ4n) is 14.9. The number of benzene rings is 6. The third-order valence-corrected chi connectivity index (χ3v) is 24.9. The number of aromatic hydroxyl groups is 1. The van der Waals surface area contributed by atoms with E-state index >= 15 is 0 Å². The van der Waals surface area contributed by atoms with Crippen LogP contribution in [0.2, 0.25) is 0 Å². The smallest absolute Gasteiger partial charge is 0.228 e. The number of nitrogens with one attached hydrogen (secondary N) is 3. The van der Waals surface area contributed by atoms with E-state index in [4.69, 9.17) is 5.11 Å². The molecular weight excluding hydrogens is 1810 g/mol. The Balaban J connectivity index is 0.000000328. The summed E-state index contributed by atoms with van der Waals surface area (Å²) in [6.45, 7) is 94.3. The molecule has 4 N–H and O–H groups in total. The number of para-hydroxylation sites is 1. The fourth-order valence-corrected chi connectivity index (χ4v) is 15.7. The van der Waals surface area contributed by atoms with Gasteiger partial charge in [-0.2, -0.15) is 16.4 Å². The molecule has 146 heavy (non-hydrogen) atoms. The molecule has 0 unspecified atom stereocenters. The van der Waals surface area contributed by atoms with Crippen molar-refractivity contribution in [2.45, 2.75) is 377 Å². The van der Waals surface area contributed by atoms with Crippen molar-refractivity contribution < 1.29 is 14.7 Å². The van der Waals surface area contributed by atoms with E-state index in [1.807, 2.05) is 60.0 Å². The summed E-state index contributed by atoms with van der Waals surface area (Å²) >= 11 is 1.77. The lowest BCUT2D eigenvalue weighted by Gasteiger charge is -2.31. The molecule has 0 atom stereocenters. The number of anilines is 1. The number of amides is 2. The molecule has 0 spiro atoms. The highest BCUT2D eigenvalue weighted by Gasteiger charge is 2.31. The largest absolute Gasteiger partial charge is 0.508 e. The Kier molecular flexibility index (Phi) is 48.4. The average molecular weight is 2000 g/mol. The molecule has 4 aliphatic heterocycles. The molecule has 0 saturated carbocycles. The predicted molar refractivity (Wildman–Crippen MR) is 636 cm³/mol. The van der Waals surface area contributed by atoms with Gasteiger partial charge >= 0.3 is 0 Å². The fraction of sp³-hybridized carbons (Fsp3) is 0.489. The Bertz CT molecular complexity index is 5520. The van der Waals surface area contributed by atoms with Crippen molar-refractivity contribution >= 4 is 63.1 Å². The van der Waals surface area contributed by atoms with Crippen LogP contribution in [0.25, 0.3) is 16.5 Å². The lowest BCUT2D eigenvalue weighted by atomic mass is 9.83. The summed E-state index contributed by atoms with van der Waals surface area (Å²) in [4.78, 5) is 52.6. The van der Waals surface area contributed by atoms with Crippen LogP contribution in [0.5, 0.6) is 5.75 Å². The molecule has 2 amide bonds. The van der Waals surface area contributed by atoms with Gasteiger partial charge in [-0.15, -0.1) is 0 Å². The number of fused-ring (bicyclic) bond motifs is 3. The minimum Gasteiger partial charge on any atom is -0.508 e. The van der Waals surface area contributed by atoms with E-state index < -0.39 is 0 Å². The van der Waals surface area contributed by atoms with Crippen molar-refractivity contribution in [3.05, 3.63) is 339 Å². The number of thiophene rings is 1. The first-order valence-electron chi connectivity index (χ1n) is 52.5. The number of carbonyl (C=O) groups is 2. The summed E-state index contributed by atoms with van der Waals surface area (Å²) < 4.78 is 0. The number of phenols is 1. The Labute approximate surface area is 890 Å². The number of aromatic amines is 2. The van der Waals surface area contributed by atoms with Crippen LogP contribution in [0.4, 0.5) is 5.69 Å². The van der Waals surface area contributed by atoms with E-state index in [1.165, 1.54) is 84.3 Å². The summed E-state index contributed by atoms with van der Waals surface area (Å²) in [7, 11) is 0. The molecule has 11 aromatic rings. The van der Waals surface area contributed by atoms with E-state index in [0.29, 0.717) is 39.7 Å². The lowest BCUT2D eigenvalue weighted by Crippen LogP contribution is -2.41. The Morgan fingerprint density at radius 1 is 0.411 bits per heavy atom. The summed E-state index contributed by atoms with van der Waals surface area (Å²) in [6, 6.07) is 66.3. The molecule has 2 aliphatic carbocycles. The highest BCUT2D eigenvalue weighted by molar-refractivity contribution is 7.08. The number of hydrogen-bond acceptors (Lipinski definition) is 11. The van der Waals surface area contributed by atoms with Gasteiger partial charge in [-0.1, -0.05) is 434 Å². The monoisotopic (exact) mass is 2000 g/mol. The highest BCUT2D eigenvalue weighted by atomic mass is 32.1. The second kappa shape index (κ2) is 55.6. The zero-order chi connectivity index (χ0) is 111. The molecule has 17 rings (SSSR count). The topological polar surface area (TPSA) is 190 Å². The van der Waals surface area contributed by atoms with Crippen LogP contribution in [0.3, 0.4) is 0 Å². The maximum Gasteiger partial charge on any atom is 0.228 e. The Morgan fingerprint density at radius 3 is 1.28 bits per heavy atom. The molecule has 0 bridgehead atoms. The number of phenolic OH excluding ortho intramolecular Hbond substituents is 1. The van der Waals surface area contributed by atoms with Gasteiger partial charge in [0, 0.05) is 98.7 Å². The lowest BCUT2D eigenvalue weighted by molar-refractivity contribution is -0.131. The number of rotatable bonds is 0. The first-order chi connectivity index (χ1) is 67.1. The molecule has 6 aromatic carbocycles. The molecule has 794 valence electrons. The van der Waals surface area contributed by atoms with Gasteiger partial charge in [-0.3, -0.25) is 34.6 Å². The van der Waals surface area contributed by atoms with Gasteiger partial charge in [-0.25, -0.2) is 9.98 Å². The van der Waals surface area contributed by atoms with Gasteiger partial charge in [0.1, 0.15) is 23.7 Å². The van der Waals surface area contributed by atoms with Gasteiger partial charge in [0.2, 0.25) is 11.8 Å². The number of amidine groups is 1. The van der Waals surface area contributed by atoms with Crippen molar-refractivity contribution in [3.63, 3.8) is 0 Å². The molecule has 1 fully saturated rings. The quantitative estimate of drug-likeness (QED) is 0.116. The Morgan fingerprint density at radius 2 is 0.932 bits per heavy atom. The minimum atomic E-state index is 0.0353. The van der Waals surface area contributed by atoms with E-state index in [9.17, 15) is 9.59 Å². The van der Waals surface area contributed by atoms with Gasteiger partial charge < -0.3 is 20.3 Å². The zero-order valence-electron chi connectivity index (χ0n) is 98.4. The molecule has 14 nitrogen and oxygen atoms in total. The molecular formula is C131H191N11O3S. The Hall–Kier alpha value is -11.3. The van der Waals surface area contributed by atoms with Gasteiger partial charge in [0.15, 0.2) is 0 Å². The number of nitrogens with zero attached hydrogens (tertiary/aromatic N) is 8. The number of aliphatic imine (C=N–C) groups is 3. The van der Waals surface area contributed by atoms with Crippen LogP contribution in [0.1, 0.15) is 377 Å². The van der Waals surface area contributed by atoms with Crippen LogP contribution in [-0.4, -0.2) is 94.9 Å². The first-order valence-corrected chi connectivity index (χ1v) is 53.4. The first kappa shape index (κ1) is 127. The minimum absolute atomic E-state index is 0.0353. The van der Waals surface area contributed by atoms with Gasteiger partial charge in [0.05, 0.1) is 19.5 Å². The van der Waals surface area contributed by atoms with Gasteiger partial charge in [-0.05, 0) is 227 Å². The number of allylic oxidation sites excluding steroid dienone is 7. The van der Waals surface area contributed by atoms with E-state index in [-0.39, 0.29) is 60.2 Å². The summed E-state index contributed by atoms with van der Waals surface area (Å²) in [5.74, 6) is 2.65. The predicted octanol–water partition coefficient (Wildman–Crippen LogP) is 35.1. The average Bonchev–Trinajstić information content (AvgIpc) is 1.65. The second-order valence-corrected chi connectivity index (χ2v) is 53.2. The summed E-state index contributed by atoms with van der Waals surface area (Å²) in [5, 5.41) is 24.1. The standard InChI is InChI=1S/C13H16.C12H15NO.C12H15N.C10H14O.2C10H14.2C9H13N.C9H14.C8H15NO.C8H13N.C8H12S.C7H12N2.C6H11N3/c1-13(2,3)12-9-8-10-6-4-5-7-11(10)12;1-12(2,3)9-5-4-8-6-11(14)13-10(8)7-9;1-12(2,3)11-8-9-6-4-5-7-10(9)13-11;1-10(2,3)8-4-6-9(11)7-5-8;2*1-10(2,3)9-7-5-4-6-8-9;1-9(2,3)8-4-6-10-7-5-8;1-9(2,3)8-6-4-5-7-10-8;1-9(2,3)8-6-4-5-7-8;1-8(2,3)9-6-4-5-7(9)10;1-8(2,3)7-5-4-6-9-7;1-8(2,3)7-4-5-9-6-7;1-7(2,3)6-8-4-5-9-6;1-6(2,3)5-7-4-8-9-5/h4-7,9H,8H2,1-3H3;4-5,7H,6H2,1-3H3,(H,13,14);4-8,13H,1-3H3;4-7,11H,1-3H3;2*4-8H,1-3H3;2*4-7H,1-3H3;4,6-7H,5H2,1-3H3;4-6H2,1-3H3;4-5H,6H2,1-3H3;4-6H,1-3H3;4H,5H2,1-3H3;4H,1-3H3,(H,7,8,9).